The molecule has 0 radical (unpaired) electrons. The highest BCUT2D eigenvalue weighted by molar-refractivity contribution is 9.09. The van der Waals surface area contributed by atoms with E-state index in [9.17, 15) is 0 Å². The van der Waals surface area contributed by atoms with Crippen LogP contribution in [0, 0.1) is 6.92 Å². The zero-order chi connectivity index (χ0) is 11.8. The molecule has 0 unspecified atom stereocenters. The predicted octanol–water partition coefficient (Wildman–Crippen LogP) is 2.87. The molecule has 0 saturated carbocycles. The molecule has 92 valence electrons. The van der Waals surface area contributed by atoms with Crippen LogP contribution < -0.4 is 5.32 Å². The van der Waals surface area contributed by atoms with Crippen LogP contribution in [0.4, 0.5) is 0 Å². The van der Waals surface area contributed by atoms with Crippen LogP contribution in [0.5, 0.6) is 0 Å². The first kappa shape index (κ1) is 13.7. The molecule has 1 aromatic heterocycles. The lowest BCUT2D eigenvalue weighted by molar-refractivity contribution is 0.563. The molecule has 16 heavy (non-hydrogen) atoms. The first-order valence-corrected chi connectivity index (χ1v) is 7.20. The number of aryl methyl sites for hydroxylation is 2. The topological polar surface area (TPSA) is 29.9 Å². The molecule has 0 aromatic carbocycles. The van der Waals surface area contributed by atoms with E-state index in [-0.39, 0.29) is 0 Å². The minimum atomic E-state index is 0.934. The highest BCUT2D eigenvalue weighted by atomic mass is 79.9. The van der Waals surface area contributed by atoms with Gasteiger partial charge in [-0.1, -0.05) is 22.4 Å². The van der Waals surface area contributed by atoms with Crippen molar-refractivity contribution in [1.82, 2.24) is 15.1 Å². The van der Waals surface area contributed by atoms with E-state index < -0.39 is 0 Å². The van der Waals surface area contributed by atoms with Gasteiger partial charge in [0, 0.05) is 18.4 Å². The van der Waals surface area contributed by atoms with E-state index in [0.717, 1.165) is 30.7 Å². The van der Waals surface area contributed by atoms with Gasteiger partial charge in [-0.25, -0.2) is 0 Å². The van der Waals surface area contributed by atoms with Crippen molar-refractivity contribution >= 4 is 15.9 Å². The Morgan fingerprint density at radius 2 is 2.19 bits per heavy atom. The van der Waals surface area contributed by atoms with E-state index in [1.54, 1.807) is 0 Å². The minimum absolute atomic E-state index is 0.934. The monoisotopic (exact) mass is 287 g/mol. The standard InChI is InChI=1S/C12H22BrN3/c1-3-16-12(9-11(2)15-16)10-14-8-6-4-5-7-13/h9,14H,3-8,10H2,1-2H3. The Morgan fingerprint density at radius 1 is 1.38 bits per heavy atom. The molecular formula is C12H22BrN3. The summed E-state index contributed by atoms with van der Waals surface area (Å²) in [6, 6.07) is 2.16. The van der Waals surface area contributed by atoms with Crippen LogP contribution in [0.25, 0.3) is 0 Å². The van der Waals surface area contributed by atoms with Gasteiger partial charge in [0.25, 0.3) is 0 Å². The summed E-state index contributed by atoms with van der Waals surface area (Å²) >= 11 is 3.44. The number of unbranched alkanes of at least 4 members (excludes halogenated alkanes) is 2. The molecule has 0 aliphatic rings. The van der Waals surface area contributed by atoms with Crippen LogP contribution in [-0.4, -0.2) is 21.7 Å². The number of aromatic nitrogens is 2. The van der Waals surface area contributed by atoms with Crippen molar-refractivity contribution in [2.24, 2.45) is 0 Å². The molecule has 1 heterocycles. The Hall–Kier alpha value is -0.350. The van der Waals surface area contributed by atoms with Gasteiger partial charge in [-0.3, -0.25) is 4.68 Å². The molecule has 3 nitrogen and oxygen atoms in total. The van der Waals surface area contributed by atoms with Gasteiger partial charge in [-0.15, -0.1) is 0 Å². The summed E-state index contributed by atoms with van der Waals surface area (Å²) < 4.78 is 2.07. The molecule has 4 heteroatoms. The molecule has 0 aliphatic heterocycles. The predicted molar refractivity (Wildman–Crippen MR) is 72.0 cm³/mol. The normalized spacial score (nSPS) is 10.9. The summed E-state index contributed by atoms with van der Waals surface area (Å²) in [6.07, 6.45) is 3.82. The summed E-state index contributed by atoms with van der Waals surface area (Å²) in [6.45, 7) is 7.16. The number of hydrogen-bond acceptors (Lipinski definition) is 2. The number of halogens is 1. The summed E-state index contributed by atoms with van der Waals surface area (Å²) in [5.41, 5.74) is 2.40. The lowest BCUT2D eigenvalue weighted by atomic mass is 10.2. The largest absolute Gasteiger partial charge is 0.311 e. The van der Waals surface area contributed by atoms with Gasteiger partial charge in [0.15, 0.2) is 0 Å². The van der Waals surface area contributed by atoms with E-state index in [4.69, 9.17) is 0 Å². The molecule has 1 N–H and O–H groups in total. The van der Waals surface area contributed by atoms with Gasteiger partial charge in [0.1, 0.15) is 0 Å². The van der Waals surface area contributed by atoms with Crippen molar-refractivity contribution in [2.45, 2.75) is 46.2 Å². The van der Waals surface area contributed by atoms with Crippen molar-refractivity contribution < 1.29 is 0 Å². The van der Waals surface area contributed by atoms with E-state index in [0.29, 0.717) is 0 Å². The Bertz CT molecular complexity index is 296. The van der Waals surface area contributed by atoms with E-state index >= 15 is 0 Å². The average Bonchev–Trinajstić information content (AvgIpc) is 2.64. The summed E-state index contributed by atoms with van der Waals surface area (Å²) in [7, 11) is 0. The second-order valence-electron chi connectivity index (χ2n) is 4.02. The third-order valence-corrected chi connectivity index (χ3v) is 3.14. The maximum atomic E-state index is 4.43. The number of hydrogen-bond donors (Lipinski definition) is 1. The molecule has 0 fully saturated rings. The van der Waals surface area contributed by atoms with Gasteiger partial charge >= 0.3 is 0 Å². The fraction of sp³-hybridized carbons (Fsp3) is 0.750. The Balaban J connectivity index is 2.21. The molecule has 1 rings (SSSR count). The summed E-state index contributed by atoms with van der Waals surface area (Å²) in [4.78, 5) is 0. The Kier molecular flexibility index (Phi) is 6.73. The maximum Gasteiger partial charge on any atom is 0.0597 e. The van der Waals surface area contributed by atoms with Crippen LogP contribution in [0.1, 0.15) is 37.6 Å². The van der Waals surface area contributed by atoms with Crippen LogP contribution in [-0.2, 0) is 13.1 Å². The van der Waals surface area contributed by atoms with Crippen molar-refractivity contribution in [3.05, 3.63) is 17.5 Å². The second kappa shape index (κ2) is 7.85. The van der Waals surface area contributed by atoms with Crippen LogP contribution >= 0.6 is 15.9 Å². The van der Waals surface area contributed by atoms with E-state index in [2.05, 4.69) is 44.0 Å². The van der Waals surface area contributed by atoms with Gasteiger partial charge < -0.3 is 5.32 Å². The van der Waals surface area contributed by atoms with Gasteiger partial charge in [-0.2, -0.15) is 5.10 Å². The van der Waals surface area contributed by atoms with Crippen LogP contribution in [0.3, 0.4) is 0 Å². The van der Waals surface area contributed by atoms with E-state index in [1.807, 2.05) is 6.92 Å². The zero-order valence-corrected chi connectivity index (χ0v) is 11.9. The molecule has 1 aromatic rings. The Labute approximate surface area is 107 Å². The third-order valence-electron chi connectivity index (χ3n) is 2.58. The van der Waals surface area contributed by atoms with E-state index in [1.165, 1.54) is 25.0 Å². The first-order valence-electron chi connectivity index (χ1n) is 6.08. The highest BCUT2D eigenvalue weighted by Crippen LogP contribution is 2.03. The second-order valence-corrected chi connectivity index (χ2v) is 4.81. The van der Waals surface area contributed by atoms with Crippen molar-refractivity contribution in [3.8, 4) is 0 Å². The summed E-state index contributed by atoms with van der Waals surface area (Å²) in [5, 5.41) is 9.02. The SMILES string of the molecule is CCn1nc(C)cc1CNCCCCCBr. The van der Waals surface area contributed by atoms with Crippen molar-refractivity contribution in [3.63, 3.8) is 0 Å². The first-order chi connectivity index (χ1) is 7.77. The van der Waals surface area contributed by atoms with Gasteiger partial charge in [-0.05, 0) is 39.3 Å². The molecule has 0 spiro atoms. The molecular weight excluding hydrogens is 266 g/mol. The summed E-state index contributed by atoms with van der Waals surface area (Å²) in [5.74, 6) is 0. The van der Waals surface area contributed by atoms with Gasteiger partial charge in [0.05, 0.1) is 11.4 Å². The number of nitrogens with one attached hydrogen (secondary N) is 1. The van der Waals surface area contributed by atoms with Gasteiger partial charge in [0.2, 0.25) is 0 Å². The van der Waals surface area contributed by atoms with Crippen LogP contribution in [0.15, 0.2) is 6.07 Å². The average molecular weight is 288 g/mol. The number of nitrogens with zero attached hydrogens (tertiary/aromatic N) is 2. The number of rotatable bonds is 8. The fourth-order valence-electron chi connectivity index (χ4n) is 1.75. The highest BCUT2D eigenvalue weighted by Gasteiger charge is 2.02. The zero-order valence-electron chi connectivity index (χ0n) is 10.3. The molecule has 0 saturated heterocycles. The molecule has 0 aliphatic carbocycles. The number of alkyl halides is 1. The minimum Gasteiger partial charge on any atom is -0.311 e. The van der Waals surface area contributed by atoms with Crippen molar-refractivity contribution in [1.29, 1.82) is 0 Å². The quantitative estimate of drug-likeness (QED) is 0.589. The van der Waals surface area contributed by atoms with Crippen LogP contribution in [0.2, 0.25) is 0 Å². The third kappa shape index (κ3) is 4.66. The van der Waals surface area contributed by atoms with Crippen molar-refractivity contribution in [2.75, 3.05) is 11.9 Å². The molecule has 0 atom stereocenters. The maximum absolute atomic E-state index is 4.43. The lowest BCUT2D eigenvalue weighted by Crippen LogP contribution is -2.17. The molecule has 0 bridgehead atoms. The smallest absolute Gasteiger partial charge is 0.0597 e. The molecule has 0 amide bonds. The fourth-order valence-corrected chi connectivity index (χ4v) is 2.15. The Morgan fingerprint density at radius 3 is 2.88 bits per heavy atom. The lowest BCUT2D eigenvalue weighted by Gasteiger charge is -2.06.